The van der Waals surface area contributed by atoms with Gasteiger partial charge in [0.2, 0.25) is 0 Å². The van der Waals surface area contributed by atoms with Crippen molar-refractivity contribution in [2.24, 2.45) is 5.92 Å². The van der Waals surface area contributed by atoms with Gasteiger partial charge in [0, 0.05) is 19.3 Å². The maximum Gasteiger partial charge on any atom is 0.356 e. The van der Waals surface area contributed by atoms with Crippen molar-refractivity contribution in [1.82, 2.24) is 4.98 Å². The molecular formula is C13H20N2O2. The molecule has 1 atom stereocenters. The minimum absolute atomic E-state index is 0.137. The zero-order chi connectivity index (χ0) is 12.8. The van der Waals surface area contributed by atoms with Gasteiger partial charge < -0.3 is 10.0 Å². The number of carboxylic acid groups (broad SMARTS) is 1. The highest BCUT2D eigenvalue weighted by Gasteiger charge is 2.17. The van der Waals surface area contributed by atoms with E-state index >= 15 is 0 Å². The number of rotatable bonds is 6. The number of pyridine rings is 1. The molecule has 0 aliphatic rings. The van der Waals surface area contributed by atoms with E-state index in [0.717, 1.165) is 19.5 Å². The molecule has 1 unspecified atom stereocenters. The number of carboxylic acids is 1. The van der Waals surface area contributed by atoms with Gasteiger partial charge in [0.15, 0.2) is 5.69 Å². The van der Waals surface area contributed by atoms with Gasteiger partial charge in [-0.25, -0.2) is 9.78 Å². The van der Waals surface area contributed by atoms with E-state index in [4.69, 9.17) is 5.11 Å². The van der Waals surface area contributed by atoms with Gasteiger partial charge >= 0.3 is 5.97 Å². The summed E-state index contributed by atoms with van der Waals surface area (Å²) in [6.07, 6.45) is 2.60. The Bertz CT molecular complexity index is 379. The fourth-order valence-corrected chi connectivity index (χ4v) is 1.72. The van der Waals surface area contributed by atoms with Crippen LogP contribution in [-0.2, 0) is 0 Å². The number of aromatic carboxylic acids is 1. The first-order valence-electron chi connectivity index (χ1n) is 6.03. The van der Waals surface area contributed by atoms with E-state index in [0.29, 0.717) is 11.6 Å². The van der Waals surface area contributed by atoms with Crippen LogP contribution in [0.3, 0.4) is 0 Å². The van der Waals surface area contributed by atoms with E-state index in [2.05, 4.69) is 23.7 Å². The molecule has 0 amide bonds. The van der Waals surface area contributed by atoms with Crippen LogP contribution in [0.5, 0.6) is 0 Å². The summed E-state index contributed by atoms with van der Waals surface area (Å²) in [5.74, 6) is -0.431. The predicted molar refractivity (Wildman–Crippen MR) is 68.5 cm³/mol. The summed E-state index contributed by atoms with van der Waals surface area (Å²) in [4.78, 5) is 17.1. The van der Waals surface area contributed by atoms with Gasteiger partial charge in [-0.05, 0) is 25.0 Å². The van der Waals surface area contributed by atoms with E-state index in [1.54, 1.807) is 6.07 Å². The van der Waals surface area contributed by atoms with Crippen molar-refractivity contribution in [1.29, 1.82) is 0 Å². The first-order chi connectivity index (χ1) is 8.10. The molecule has 0 saturated heterocycles. The normalized spacial score (nSPS) is 12.2. The van der Waals surface area contributed by atoms with Crippen LogP contribution < -0.4 is 4.90 Å². The lowest BCUT2D eigenvalue weighted by atomic mass is 10.1. The molecule has 1 aromatic rings. The third kappa shape index (κ3) is 3.44. The predicted octanol–water partition coefficient (Wildman–Crippen LogP) is 2.65. The molecule has 1 rings (SSSR count). The molecule has 1 heterocycles. The Balaban J connectivity index is 2.99. The van der Waals surface area contributed by atoms with Crippen LogP contribution in [-0.4, -0.2) is 29.1 Å². The summed E-state index contributed by atoms with van der Waals surface area (Å²) < 4.78 is 0. The minimum atomic E-state index is -0.969. The van der Waals surface area contributed by atoms with E-state index in [-0.39, 0.29) is 5.69 Å². The largest absolute Gasteiger partial charge is 0.476 e. The molecule has 0 aliphatic carbocycles. The van der Waals surface area contributed by atoms with Gasteiger partial charge in [-0.3, -0.25) is 0 Å². The molecule has 0 radical (unpaired) electrons. The molecule has 4 heteroatoms. The van der Waals surface area contributed by atoms with Crippen molar-refractivity contribution >= 4 is 11.7 Å². The first-order valence-corrected chi connectivity index (χ1v) is 6.03. The van der Waals surface area contributed by atoms with Crippen LogP contribution in [0.4, 0.5) is 5.69 Å². The topological polar surface area (TPSA) is 53.4 Å². The summed E-state index contributed by atoms with van der Waals surface area (Å²) in [5, 5.41) is 9.11. The van der Waals surface area contributed by atoms with Crippen LogP contribution in [0.2, 0.25) is 0 Å². The number of carbonyl (C=O) groups is 1. The van der Waals surface area contributed by atoms with Crippen LogP contribution >= 0.6 is 0 Å². The standard InChI is InChI=1S/C13H20N2O2/c1-4-10(3)9-15(5-2)11-7-6-8-14-12(11)13(16)17/h6-8,10H,4-5,9H2,1-3H3,(H,16,17). The van der Waals surface area contributed by atoms with Gasteiger partial charge in [-0.15, -0.1) is 0 Å². The summed E-state index contributed by atoms with van der Waals surface area (Å²) in [7, 11) is 0. The van der Waals surface area contributed by atoms with Crippen LogP contribution in [0.1, 0.15) is 37.7 Å². The Morgan fingerprint density at radius 1 is 1.53 bits per heavy atom. The van der Waals surface area contributed by atoms with Gasteiger partial charge in [0.05, 0.1) is 5.69 Å². The van der Waals surface area contributed by atoms with Gasteiger partial charge in [-0.1, -0.05) is 20.3 Å². The second-order valence-electron chi connectivity index (χ2n) is 4.23. The second kappa shape index (κ2) is 6.23. The lowest BCUT2D eigenvalue weighted by Crippen LogP contribution is -2.29. The van der Waals surface area contributed by atoms with Crippen LogP contribution in [0, 0.1) is 5.92 Å². The Kier molecular flexibility index (Phi) is 4.94. The highest BCUT2D eigenvalue weighted by Crippen LogP contribution is 2.20. The number of aromatic nitrogens is 1. The number of hydrogen-bond donors (Lipinski definition) is 1. The zero-order valence-electron chi connectivity index (χ0n) is 10.7. The van der Waals surface area contributed by atoms with Crippen molar-refractivity contribution in [2.75, 3.05) is 18.0 Å². The number of anilines is 1. The third-order valence-corrected chi connectivity index (χ3v) is 2.94. The highest BCUT2D eigenvalue weighted by atomic mass is 16.4. The molecule has 0 fully saturated rings. The molecule has 1 aromatic heterocycles. The number of hydrogen-bond acceptors (Lipinski definition) is 3. The van der Waals surface area contributed by atoms with Crippen molar-refractivity contribution in [3.05, 3.63) is 24.0 Å². The maximum atomic E-state index is 11.1. The third-order valence-electron chi connectivity index (χ3n) is 2.94. The summed E-state index contributed by atoms with van der Waals surface area (Å²) in [6.45, 7) is 7.98. The maximum absolute atomic E-state index is 11.1. The summed E-state index contributed by atoms with van der Waals surface area (Å²) in [5.41, 5.74) is 0.848. The fourth-order valence-electron chi connectivity index (χ4n) is 1.72. The molecule has 17 heavy (non-hydrogen) atoms. The molecule has 1 N–H and O–H groups in total. The minimum Gasteiger partial charge on any atom is -0.476 e. The molecule has 0 aliphatic heterocycles. The Hall–Kier alpha value is -1.58. The van der Waals surface area contributed by atoms with E-state index in [9.17, 15) is 4.79 Å². The van der Waals surface area contributed by atoms with Crippen molar-refractivity contribution < 1.29 is 9.90 Å². The SMILES string of the molecule is CCC(C)CN(CC)c1cccnc1C(=O)O. The highest BCUT2D eigenvalue weighted by molar-refractivity contribution is 5.92. The Morgan fingerprint density at radius 3 is 2.76 bits per heavy atom. The van der Waals surface area contributed by atoms with Gasteiger partial charge in [-0.2, -0.15) is 0 Å². The number of nitrogens with zero attached hydrogens (tertiary/aromatic N) is 2. The van der Waals surface area contributed by atoms with E-state index < -0.39 is 5.97 Å². The molecular weight excluding hydrogens is 216 g/mol. The summed E-state index contributed by atoms with van der Waals surface area (Å²) in [6, 6.07) is 3.60. The van der Waals surface area contributed by atoms with Gasteiger partial charge in [0.25, 0.3) is 0 Å². The molecule has 0 spiro atoms. The smallest absolute Gasteiger partial charge is 0.356 e. The second-order valence-corrected chi connectivity index (χ2v) is 4.23. The monoisotopic (exact) mass is 236 g/mol. The zero-order valence-corrected chi connectivity index (χ0v) is 10.7. The summed E-state index contributed by atoms with van der Waals surface area (Å²) >= 11 is 0. The van der Waals surface area contributed by atoms with Crippen molar-refractivity contribution in [3.8, 4) is 0 Å². The van der Waals surface area contributed by atoms with Crippen molar-refractivity contribution in [2.45, 2.75) is 27.2 Å². The first kappa shape index (κ1) is 13.5. The van der Waals surface area contributed by atoms with E-state index in [1.807, 2.05) is 13.0 Å². The average Bonchev–Trinajstić information content (AvgIpc) is 2.35. The van der Waals surface area contributed by atoms with Crippen LogP contribution in [0.25, 0.3) is 0 Å². The van der Waals surface area contributed by atoms with Crippen LogP contribution in [0.15, 0.2) is 18.3 Å². The Labute approximate surface area is 102 Å². The van der Waals surface area contributed by atoms with E-state index in [1.165, 1.54) is 6.20 Å². The van der Waals surface area contributed by atoms with Gasteiger partial charge in [0.1, 0.15) is 0 Å². The average molecular weight is 236 g/mol. The quantitative estimate of drug-likeness (QED) is 0.825. The molecule has 94 valence electrons. The fraction of sp³-hybridized carbons (Fsp3) is 0.538. The molecule has 0 saturated carbocycles. The molecule has 0 aromatic carbocycles. The lowest BCUT2D eigenvalue weighted by molar-refractivity contribution is 0.0691. The van der Waals surface area contributed by atoms with Crippen molar-refractivity contribution in [3.63, 3.8) is 0 Å². The molecule has 0 bridgehead atoms. The lowest BCUT2D eigenvalue weighted by Gasteiger charge is -2.26. The Morgan fingerprint density at radius 2 is 2.24 bits per heavy atom. The molecule has 4 nitrogen and oxygen atoms in total.